The van der Waals surface area contributed by atoms with E-state index in [1.807, 2.05) is 0 Å². The Bertz CT molecular complexity index is 594. The van der Waals surface area contributed by atoms with Crippen molar-refractivity contribution in [2.45, 2.75) is 44.6 Å². The molecule has 0 radical (unpaired) electrons. The quantitative estimate of drug-likeness (QED) is 0.658. The molecule has 0 atom stereocenters. The number of hydrogen-bond acceptors (Lipinski definition) is 4. The van der Waals surface area contributed by atoms with Gasteiger partial charge in [0.15, 0.2) is 0 Å². The van der Waals surface area contributed by atoms with Crippen molar-refractivity contribution in [3.8, 4) is 0 Å². The third-order valence-corrected chi connectivity index (χ3v) is 3.87. The molecule has 118 valence electrons. The lowest BCUT2D eigenvalue weighted by molar-refractivity contribution is -0.384. The van der Waals surface area contributed by atoms with Crippen LogP contribution in [0.1, 0.15) is 39.0 Å². The number of nitrogens with one attached hydrogen (secondary N) is 2. The van der Waals surface area contributed by atoms with Crippen molar-refractivity contribution in [1.82, 2.24) is 5.32 Å². The maximum Gasteiger partial charge on any atom is 0.271 e. The highest BCUT2D eigenvalue weighted by molar-refractivity contribution is 6.00. The van der Waals surface area contributed by atoms with Gasteiger partial charge in [-0.25, -0.2) is 0 Å². The van der Waals surface area contributed by atoms with Gasteiger partial charge in [0, 0.05) is 24.7 Å². The number of rotatable bonds is 4. The van der Waals surface area contributed by atoms with E-state index < -0.39 is 10.5 Å². The number of anilines is 1. The fraction of sp³-hybridized carbons (Fsp3) is 0.467. The zero-order valence-electron chi connectivity index (χ0n) is 12.4. The van der Waals surface area contributed by atoms with E-state index in [0.717, 1.165) is 19.3 Å². The van der Waals surface area contributed by atoms with Crippen LogP contribution in [0.3, 0.4) is 0 Å². The summed E-state index contributed by atoms with van der Waals surface area (Å²) in [5.41, 5.74) is -0.654. The molecule has 0 bridgehead atoms. The second-order valence-electron chi connectivity index (χ2n) is 5.59. The predicted octanol–water partition coefficient (Wildman–Crippen LogP) is 2.37. The molecule has 2 N–H and O–H groups in total. The summed E-state index contributed by atoms with van der Waals surface area (Å²) in [4.78, 5) is 34.3. The molecule has 2 rings (SSSR count). The number of nitrogens with zero attached hydrogens (tertiary/aromatic N) is 1. The predicted molar refractivity (Wildman–Crippen MR) is 81.4 cm³/mol. The number of hydrogen-bond donors (Lipinski definition) is 2. The summed E-state index contributed by atoms with van der Waals surface area (Å²) in [7, 11) is 0. The van der Waals surface area contributed by atoms with Gasteiger partial charge in [0.1, 0.15) is 5.54 Å². The highest BCUT2D eigenvalue weighted by Gasteiger charge is 2.40. The Labute approximate surface area is 128 Å². The third kappa shape index (κ3) is 3.60. The summed E-state index contributed by atoms with van der Waals surface area (Å²) in [5.74, 6) is -0.570. The average molecular weight is 305 g/mol. The number of benzene rings is 1. The minimum Gasteiger partial charge on any atom is -0.342 e. The molecule has 1 aliphatic rings. The lowest BCUT2D eigenvalue weighted by Gasteiger charge is -2.36. The number of nitro benzene ring substituents is 1. The largest absolute Gasteiger partial charge is 0.342 e. The first-order chi connectivity index (χ1) is 10.4. The molecule has 0 unspecified atom stereocenters. The van der Waals surface area contributed by atoms with Gasteiger partial charge in [-0.3, -0.25) is 19.7 Å². The van der Waals surface area contributed by atoms with E-state index in [1.54, 1.807) is 6.07 Å². The molecule has 1 aromatic carbocycles. The van der Waals surface area contributed by atoms with Crippen LogP contribution in [0, 0.1) is 10.1 Å². The third-order valence-electron chi connectivity index (χ3n) is 3.87. The molecule has 0 aliphatic heterocycles. The molecular weight excluding hydrogens is 286 g/mol. The van der Waals surface area contributed by atoms with Gasteiger partial charge in [0.25, 0.3) is 5.69 Å². The Kier molecular flexibility index (Phi) is 4.75. The van der Waals surface area contributed by atoms with E-state index >= 15 is 0 Å². The summed E-state index contributed by atoms with van der Waals surface area (Å²) >= 11 is 0. The molecule has 22 heavy (non-hydrogen) atoms. The van der Waals surface area contributed by atoms with Crippen LogP contribution in [-0.4, -0.2) is 22.3 Å². The average Bonchev–Trinajstić information content (AvgIpc) is 2.47. The van der Waals surface area contributed by atoms with Crippen LogP contribution in [0.2, 0.25) is 0 Å². The van der Waals surface area contributed by atoms with Crippen LogP contribution >= 0.6 is 0 Å². The zero-order valence-corrected chi connectivity index (χ0v) is 12.4. The van der Waals surface area contributed by atoms with Gasteiger partial charge in [-0.2, -0.15) is 0 Å². The molecule has 0 aromatic heterocycles. The Morgan fingerprint density at radius 1 is 1.23 bits per heavy atom. The second-order valence-corrected chi connectivity index (χ2v) is 5.59. The van der Waals surface area contributed by atoms with Crippen LogP contribution < -0.4 is 10.6 Å². The van der Waals surface area contributed by atoms with Crippen molar-refractivity contribution in [3.05, 3.63) is 34.4 Å². The number of amides is 2. The summed E-state index contributed by atoms with van der Waals surface area (Å²) < 4.78 is 0. The van der Waals surface area contributed by atoms with Gasteiger partial charge in [-0.15, -0.1) is 0 Å². The Morgan fingerprint density at radius 3 is 2.50 bits per heavy atom. The number of nitro groups is 1. The molecule has 0 spiro atoms. The Hall–Kier alpha value is -2.44. The molecule has 7 nitrogen and oxygen atoms in total. The lowest BCUT2D eigenvalue weighted by atomic mass is 9.80. The molecule has 1 saturated carbocycles. The van der Waals surface area contributed by atoms with Gasteiger partial charge < -0.3 is 10.6 Å². The van der Waals surface area contributed by atoms with Crippen molar-refractivity contribution >= 4 is 23.2 Å². The summed E-state index contributed by atoms with van der Waals surface area (Å²) in [6.07, 6.45) is 3.91. The molecule has 7 heteroatoms. The van der Waals surface area contributed by atoms with Crippen molar-refractivity contribution in [1.29, 1.82) is 0 Å². The fourth-order valence-electron chi connectivity index (χ4n) is 2.85. The van der Waals surface area contributed by atoms with Crippen LogP contribution in [0.15, 0.2) is 24.3 Å². The molecule has 0 heterocycles. The van der Waals surface area contributed by atoms with E-state index in [2.05, 4.69) is 10.6 Å². The van der Waals surface area contributed by atoms with Gasteiger partial charge in [-0.05, 0) is 18.9 Å². The normalized spacial score (nSPS) is 16.6. The van der Waals surface area contributed by atoms with Gasteiger partial charge in [-0.1, -0.05) is 25.3 Å². The topological polar surface area (TPSA) is 101 Å². The smallest absolute Gasteiger partial charge is 0.271 e. The maximum atomic E-state index is 12.6. The van der Waals surface area contributed by atoms with Crippen molar-refractivity contribution in [3.63, 3.8) is 0 Å². The first kappa shape index (κ1) is 15.9. The minimum absolute atomic E-state index is 0.0879. The molecule has 1 aromatic rings. The lowest BCUT2D eigenvalue weighted by Crippen LogP contribution is -2.57. The summed E-state index contributed by atoms with van der Waals surface area (Å²) in [6.45, 7) is 1.39. The van der Waals surface area contributed by atoms with E-state index in [-0.39, 0.29) is 17.5 Å². The second kappa shape index (κ2) is 6.55. The SMILES string of the molecule is CC(=O)NC1(C(=O)Nc2cccc([N+](=O)[O-])c2)CCCCC1. The van der Waals surface area contributed by atoms with E-state index in [0.29, 0.717) is 18.5 Å². The van der Waals surface area contributed by atoms with Crippen LogP contribution in [0.25, 0.3) is 0 Å². The zero-order chi connectivity index (χ0) is 16.2. The van der Waals surface area contributed by atoms with Crippen LogP contribution in [0.4, 0.5) is 11.4 Å². The summed E-state index contributed by atoms with van der Waals surface area (Å²) in [5, 5.41) is 16.2. The summed E-state index contributed by atoms with van der Waals surface area (Å²) in [6, 6.07) is 5.77. The van der Waals surface area contributed by atoms with Gasteiger partial charge >= 0.3 is 0 Å². The van der Waals surface area contributed by atoms with Crippen molar-refractivity contribution in [2.24, 2.45) is 0 Å². The van der Waals surface area contributed by atoms with E-state index in [9.17, 15) is 19.7 Å². The fourth-order valence-corrected chi connectivity index (χ4v) is 2.85. The molecular formula is C15H19N3O4. The van der Waals surface area contributed by atoms with Crippen molar-refractivity contribution < 1.29 is 14.5 Å². The van der Waals surface area contributed by atoms with Gasteiger partial charge in [0.05, 0.1) is 4.92 Å². The maximum absolute atomic E-state index is 12.6. The molecule has 1 fully saturated rings. The Morgan fingerprint density at radius 2 is 1.91 bits per heavy atom. The first-order valence-corrected chi connectivity index (χ1v) is 7.28. The minimum atomic E-state index is -0.922. The first-order valence-electron chi connectivity index (χ1n) is 7.28. The Balaban J connectivity index is 2.19. The monoisotopic (exact) mass is 305 g/mol. The van der Waals surface area contributed by atoms with E-state index in [1.165, 1.54) is 25.1 Å². The highest BCUT2D eigenvalue weighted by Crippen LogP contribution is 2.30. The number of carbonyl (C=O) groups excluding carboxylic acids is 2. The molecule has 0 saturated heterocycles. The highest BCUT2D eigenvalue weighted by atomic mass is 16.6. The van der Waals surface area contributed by atoms with Crippen LogP contribution in [0.5, 0.6) is 0 Å². The van der Waals surface area contributed by atoms with Crippen LogP contribution in [-0.2, 0) is 9.59 Å². The number of carbonyl (C=O) groups is 2. The van der Waals surface area contributed by atoms with Crippen molar-refractivity contribution in [2.75, 3.05) is 5.32 Å². The van der Waals surface area contributed by atoms with E-state index in [4.69, 9.17) is 0 Å². The standard InChI is InChI=1S/C15H19N3O4/c1-11(19)17-15(8-3-2-4-9-15)14(20)16-12-6-5-7-13(10-12)18(21)22/h5-7,10H,2-4,8-9H2,1H3,(H,16,20)(H,17,19). The molecule has 1 aliphatic carbocycles. The number of non-ortho nitro benzene ring substituents is 1. The van der Waals surface area contributed by atoms with Gasteiger partial charge in [0.2, 0.25) is 11.8 Å². The molecule has 2 amide bonds.